The molecule has 1 heteroatoms. The molecule has 26 rings (SSSR count). The van der Waals surface area contributed by atoms with Crippen molar-refractivity contribution in [1.29, 1.82) is 0 Å². The van der Waals surface area contributed by atoms with Crippen molar-refractivity contribution in [2.75, 3.05) is 0 Å². The maximum atomic E-state index is 2.49. The number of para-hydroxylation sites is 3. The van der Waals surface area contributed by atoms with Gasteiger partial charge in [0, 0.05) is 21.6 Å². The van der Waals surface area contributed by atoms with Gasteiger partial charge in [0.15, 0.2) is 0 Å². The van der Waals surface area contributed by atoms with Gasteiger partial charge in [-0.05, 0) is 181 Å². The largest absolute Gasteiger partial charge is 0.309 e. The van der Waals surface area contributed by atoms with Gasteiger partial charge >= 0.3 is 0 Å². The van der Waals surface area contributed by atoms with Crippen LogP contribution in [0.5, 0.6) is 0 Å². The zero-order chi connectivity index (χ0) is 75.7. The lowest BCUT2D eigenvalue weighted by atomic mass is 9.65. The molecule has 17 aromatic carbocycles. The van der Waals surface area contributed by atoms with E-state index in [0.29, 0.717) is 5.41 Å². The van der Waals surface area contributed by atoms with Crippen molar-refractivity contribution >= 4 is 21.8 Å². The smallest absolute Gasteiger partial charge is 0.0754 e. The lowest BCUT2D eigenvalue weighted by Gasteiger charge is -2.39. The summed E-state index contributed by atoms with van der Waals surface area (Å²) in [6.45, 7) is 4.61. The number of benzene rings is 17. The molecule has 0 bridgehead atoms. The zero-order valence-corrected chi connectivity index (χ0v) is 64.1. The first-order valence-corrected chi connectivity index (χ1v) is 40.8. The molecule has 114 heavy (non-hydrogen) atoms. The number of fused-ring (bicyclic) bond motifs is 33. The summed E-state index contributed by atoms with van der Waals surface area (Å²) in [5, 5.41) is 2.64. The van der Waals surface area contributed by atoms with Crippen molar-refractivity contribution in [3.05, 3.63) is 508 Å². The normalized spacial score (nSPS) is 15.3. The van der Waals surface area contributed by atoms with Gasteiger partial charge in [-0.3, -0.25) is 0 Å². The van der Waals surface area contributed by atoms with E-state index < -0.39 is 0 Å². The first-order chi connectivity index (χ1) is 56.4. The van der Waals surface area contributed by atoms with Crippen LogP contribution >= 0.6 is 0 Å². The van der Waals surface area contributed by atoms with Gasteiger partial charge in [-0.1, -0.05) is 433 Å². The van der Waals surface area contributed by atoms with Gasteiger partial charge < -0.3 is 4.57 Å². The molecule has 2 heterocycles. The molecular weight excluding hydrogens is 1370 g/mol. The van der Waals surface area contributed by atoms with E-state index in [4.69, 9.17) is 0 Å². The summed E-state index contributed by atoms with van der Waals surface area (Å²) in [5.41, 5.74) is 42.8. The molecular formula is C113H83N. The average Bonchev–Trinajstić information content (AvgIpc) is 1.49. The van der Waals surface area contributed by atoms with E-state index in [9.17, 15) is 0 Å². The molecule has 0 radical (unpaired) electrons. The molecule has 7 aliphatic carbocycles. The van der Waals surface area contributed by atoms with E-state index in [-0.39, 0.29) is 21.7 Å². The van der Waals surface area contributed by atoms with Crippen LogP contribution in [0.15, 0.2) is 419 Å². The average molecular weight is 1450 g/mol. The lowest BCUT2D eigenvalue weighted by molar-refractivity contribution is 0.550. The Labute approximate surface area is 668 Å². The fraction of sp³-hybridized carbons (Fsp3) is 0.0973. The minimum Gasteiger partial charge on any atom is -0.309 e. The molecule has 1 aliphatic heterocycles. The fourth-order valence-corrected chi connectivity index (χ4v) is 22.6. The summed E-state index contributed by atoms with van der Waals surface area (Å²) in [7, 11) is 0. The van der Waals surface area contributed by atoms with Crippen LogP contribution in [0.2, 0.25) is 0 Å². The molecule has 1 nitrogen and oxygen atoms in total. The summed E-state index contributed by atoms with van der Waals surface area (Å²) < 4.78 is 2.49. The van der Waals surface area contributed by atoms with Gasteiger partial charge in [0.05, 0.1) is 33.0 Å². The Hall–Kier alpha value is -13.5. The molecule has 0 saturated heterocycles. The third-order valence-electron chi connectivity index (χ3n) is 27.0. The minimum atomic E-state index is -0.312. The molecule has 540 valence electrons. The quantitative estimate of drug-likeness (QED) is 0.163. The Morgan fingerprint density at radius 3 is 0.807 bits per heavy atom. The summed E-state index contributed by atoms with van der Waals surface area (Å²) in [6.07, 6.45) is 5.42. The van der Waals surface area contributed by atoms with E-state index in [2.05, 4.69) is 437 Å². The van der Waals surface area contributed by atoms with Crippen LogP contribution in [-0.2, 0) is 27.1 Å². The van der Waals surface area contributed by atoms with Gasteiger partial charge in [0.25, 0.3) is 0 Å². The van der Waals surface area contributed by atoms with Crippen molar-refractivity contribution < 1.29 is 0 Å². The standard InChI is InChI=1S/C31H19N.C25H16.C25H18.C17H16.C15H14/c1-4-14-24-20(10-1)21-11-2-5-15-25(21)31(24)26-16-6-8-19-29(26)32-28-18-7-3-12-22(28)23-13-9-17-27(31)30(23)32;1-5-13-21-17(9-1)18-10-2-6-14-22(18)25(21)23-15-7-3-11-19(23)20-12-4-8-16-24(20)25;1-3-11-19(12-4-1)25(20-13-5-2-6-14-20)23-17-9-7-15-21(23)22-16-8-10-18-24(22)25;1-3-9-15-13(7-1)14-8-2-4-10-16(14)17(15)11-5-6-12-17;1-15(2)13-9-5-3-7-11(13)12-8-4-6-10-14(12)15/h1-19H;1-16H;1-18H;1-4,7-10H,5-6,11-12H2;3-10H,1-2H3. The summed E-state index contributed by atoms with van der Waals surface area (Å²) in [4.78, 5) is 0. The van der Waals surface area contributed by atoms with E-state index in [1.165, 1.54) is 198 Å². The molecule has 3 spiro atoms. The van der Waals surface area contributed by atoms with Crippen LogP contribution in [0, 0.1) is 0 Å². The number of hydrogen-bond donors (Lipinski definition) is 0. The maximum absolute atomic E-state index is 2.49. The van der Waals surface area contributed by atoms with E-state index in [1.54, 1.807) is 11.1 Å². The summed E-state index contributed by atoms with van der Waals surface area (Å²) >= 11 is 0. The SMILES string of the molecule is CC1(C)c2ccccc2-c2ccccc21.c1ccc(C2(c3ccccc3)c3ccccc3-c3ccccc32)cc1.c1ccc2c(c1)-c1ccccc1C21CCCC1.c1ccc2c(c1)-c1ccccc1C21c2ccccc2-c2ccccc21.c1ccc2c(c1)-c1ccccc1C21c2ccccc2-n2c3ccccc3c3cccc1c32. The highest BCUT2D eigenvalue weighted by Crippen LogP contribution is 2.65. The summed E-state index contributed by atoms with van der Waals surface area (Å²) in [5.74, 6) is 0. The van der Waals surface area contributed by atoms with Gasteiger partial charge in [-0.25, -0.2) is 0 Å². The Morgan fingerprint density at radius 1 is 0.193 bits per heavy atom. The van der Waals surface area contributed by atoms with Crippen LogP contribution in [0.1, 0.15) is 129 Å². The second kappa shape index (κ2) is 26.3. The number of nitrogens with zero attached hydrogens (tertiary/aromatic N) is 1. The first-order valence-electron chi connectivity index (χ1n) is 40.8. The van der Waals surface area contributed by atoms with Gasteiger partial charge in [0.2, 0.25) is 0 Å². The van der Waals surface area contributed by atoms with E-state index >= 15 is 0 Å². The Bertz CT molecular complexity index is 6310. The van der Waals surface area contributed by atoms with Crippen LogP contribution < -0.4 is 0 Å². The fourth-order valence-electron chi connectivity index (χ4n) is 22.6. The van der Waals surface area contributed by atoms with Crippen LogP contribution in [0.4, 0.5) is 0 Å². The molecule has 0 atom stereocenters. The Balaban J connectivity index is 0.0000000890. The minimum absolute atomic E-state index is 0.160. The molecule has 0 amide bonds. The lowest BCUT2D eigenvalue weighted by Crippen LogP contribution is -2.33. The van der Waals surface area contributed by atoms with E-state index in [0.717, 1.165) is 0 Å². The highest BCUT2D eigenvalue weighted by atomic mass is 15.0. The number of hydrogen-bond acceptors (Lipinski definition) is 0. The van der Waals surface area contributed by atoms with Gasteiger partial charge in [-0.2, -0.15) is 0 Å². The predicted molar refractivity (Wildman–Crippen MR) is 473 cm³/mol. The van der Waals surface area contributed by atoms with Crippen molar-refractivity contribution in [2.45, 2.75) is 66.6 Å². The second-order valence-electron chi connectivity index (χ2n) is 32.5. The monoisotopic (exact) mass is 1450 g/mol. The van der Waals surface area contributed by atoms with Crippen LogP contribution in [-0.4, -0.2) is 4.57 Å². The topological polar surface area (TPSA) is 4.93 Å². The van der Waals surface area contributed by atoms with Crippen molar-refractivity contribution in [1.82, 2.24) is 4.57 Å². The van der Waals surface area contributed by atoms with Crippen LogP contribution in [0.3, 0.4) is 0 Å². The van der Waals surface area contributed by atoms with Gasteiger partial charge in [0.1, 0.15) is 0 Å². The zero-order valence-electron chi connectivity index (χ0n) is 64.1. The predicted octanol–water partition coefficient (Wildman–Crippen LogP) is 28.1. The molecule has 8 aliphatic rings. The molecule has 1 saturated carbocycles. The molecule has 0 N–H and O–H groups in total. The second-order valence-corrected chi connectivity index (χ2v) is 32.5. The van der Waals surface area contributed by atoms with Crippen molar-refractivity contribution in [3.63, 3.8) is 0 Å². The van der Waals surface area contributed by atoms with E-state index in [1.807, 2.05) is 0 Å². The molecule has 1 aromatic heterocycles. The Kier molecular flexibility index (Phi) is 15.6. The van der Waals surface area contributed by atoms with Crippen molar-refractivity contribution in [2.24, 2.45) is 0 Å². The van der Waals surface area contributed by atoms with Crippen molar-refractivity contribution in [3.8, 4) is 72.4 Å². The molecule has 18 aromatic rings. The first kappa shape index (κ1) is 67.4. The highest BCUT2D eigenvalue weighted by molar-refractivity contribution is 6.13. The number of aromatic nitrogens is 1. The number of rotatable bonds is 2. The molecule has 1 fully saturated rings. The highest BCUT2D eigenvalue weighted by Gasteiger charge is 2.54. The van der Waals surface area contributed by atoms with Gasteiger partial charge in [-0.15, -0.1) is 0 Å². The third kappa shape index (κ3) is 9.42. The molecule has 0 unspecified atom stereocenters. The maximum Gasteiger partial charge on any atom is 0.0754 e. The third-order valence-corrected chi connectivity index (χ3v) is 27.0. The summed E-state index contributed by atoms with van der Waals surface area (Å²) in [6, 6.07) is 153. The Morgan fingerprint density at radius 2 is 0.439 bits per heavy atom. The van der Waals surface area contributed by atoms with Crippen LogP contribution in [0.25, 0.3) is 94.3 Å².